The average Bonchev–Trinajstić information content (AvgIpc) is 3.17. The summed E-state index contributed by atoms with van der Waals surface area (Å²) in [6.45, 7) is 0. The Labute approximate surface area is 170 Å². The van der Waals surface area contributed by atoms with Gasteiger partial charge in [0.25, 0.3) is 0 Å². The van der Waals surface area contributed by atoms with Gasteiger partial charge in [-0.2, -0.15) is 13.2 Å². The molecule has 30 heavy (non-hydrogen) atoms. The molecule has 152 valence electrons. The lowest BCUT2D eigenvalue weighted by Crippen LogP contribution is -2.06. The zero-order valence-corrected chi connectivity index (χ0v) is 15.7. The van der Waals surface area contributed by atoms with Crippen molar-refractivity contribution in [2.75, 3.05) is 0 Å². The number of pyridine rings is 1. The third-order valence-corrected chi connectivity index (χ3v) is 4.75. The second-order valence-electron chi connectivity index (χ2n) is 6.80. The van der Waals surface area contributed by atoms with Gasteiger partial charge < -0.3 is 9.63 Å². The molecule has 0 aliphatic rings. The molecule has 0 saturated heterocycles. The molecule has 0 bridgehead atoms. The highest BCUT2D eigenvalue weighted by Crippen LogP contribution is 2.37. The Balaban J connectivity index is 1.83. The summed E-state index contributed by atoms with van der Waals surface area (Å²) in [5.74, 6) is 0.380. The first-order valence-corrected chi connectivity index (χ1v) is 9.21. The van der Waals surface area contributed by atoms with Crippen LogP contribution in [0.2, 0.25) is 0 Å². The predicted molar refractivity (Wildman–Crippen MR) is 104 cm³/mol. The molecule has 1 N–H and O–H groups in total. The maximum atomic E-state index is 13.2. The zero-order valence-electron chi connectivity index (χ0n) is 15.7. The van der Waals surface area contributed by atoms with E-state index < -0.39 is 17.8 Å². The summed E-state index contributed by atoms with van der Waals surface area (Å²) in [6, 6.07) is 17.6. The lowest BCUT2D eigenvalue weighted by atomic mass is 9.94. The molecular weight excluding hydrogens is 393 g/mol. The largest absolute Gasteiger partial charge is 0.416 e. The fourth-order valence-corrected chi connectivity index (χ4v) is 3.28. The molecule has 0 aliphatic carbocycles. The number of alkyl halides is 3. The Hall–Kier alpha value is -3.45. The molecule has 0 aliphatic heterocycles. The quantitative estimate of drug-likeness (QED) is 0.477. The number of aromatic nitrogens is 2. The summed E-state index contributed by atoms with van der Waals surface area (Å²) in [5.41, 5.74) is 1.32. The van der Waals surface area contributed by atoms with Gasteiger partial charge in [0.1, 0.15) is 17.6 Å². The normalized spacial score (nSPS) is 12.7. The Morgan fingerprint density at radius 3 is 2.47 bits per heavy atom. The highest BCUT2D eigenvalue weighted by molar-refractivity contribution is 5.66. The van der Waals surface area contributed by atoms with Crippen LogP contribution in [0.3, 0.4) is 0 Å². The van der Waals surface area contributed by atoms with E-state index in [4.69, 9.17) is 4.52 Å². The number of hydrogen-bond acceptors (Lipinski definition) is 4. The molecule has 0 spiro atoms. The van der Waals surface area contributed by atoms with Crippen molar-refractivity contribution in [3.05, 3.63) is 107 Å². The van der Waals surface area contributed by atoms with E-state index >= 15 is 0 Å². The van der Waals surface area contributed by atoms with Gasteiger partial charge in [-0.05, 0) is 23.8 Å². The average molecular weight is 410 g/mol. The van der Waals surface area contributed by atoms with Crippen molar-refractivity contribution in [3.8, 4) is 11.3 Å². The van der Waals surface area contributed by atoms with E-state index in [0.717, 1.165) is 17.7 Å². The fraction of sp³-hybridized carbons (Fsp3) is 0.130. The van der Waals surface area contributed by atoms with Gasteiger partial charge in [0.05, 0.1) is 11.1 Å². The maximum absolute atomic E-state index is 13.2. The molecule has 4 nitrogen and oxygen atoms in total. The number of rotatable bonds is 5. The second-order valence-corrected chi connectivity index (χ2v) is 6.80. The van der Waals surface area contributed by atoms with Crippen LogP contribution >= 0.6 is 0 Å². The molecule has 0 radical (unpaired) electrons. The minimum atomic E-state index is -4.49. The van der Waals surface area contributed by atoms with Crippen molar-refractivity contribution >= 4 is 0 Å². The van der Waals surface area contributed by atoms with Crippen LogP contribution in [0.15, 0.2) is 83.6 Å². The lowest BCUT2D eigenvalue weighted by molar-refractivity contribution is -0.137. The molecule has 0 saturated carbocycles. The van der Waals surface area contributed by atoms with E-state index in [-0.39, 0.29) is 11.3 Å². The molecule has 2 heterocycles. The van der Waals surface area contributed by atoms with Gasteiger partial charge in [0.15, 0.2) is 0 Å². The topological polar surface area (TPSA) is 59.2 Å². The van der Waals surface area contributed by atoms with E-state index in [1.807, 2.05) is 30.3 Å². The molecular formula is C23H17F3N2O2. The zero-order chi connectivity index (χ0) is 21.1. The van der Waals surface area contributed by atoms with E-state index in [9.17, 15) is 18.3 Å². The van der Waals surface area contributed by atoms with Gasteiger partial charge in [0, 0.05) is 29.9 Å². The Bertz CT molecular complexity index is 1130. The fourth-order valence-electron chi connectivity index (χ4n) is 3.28. The van der Waals surface area contributed by atoms with Gasteiger partial charge in [-0.1, -0.05) is 53.7 Å². The lowest BCUT2D eigenvalue weighted by Gasteiger charge is -2.13. The smallest absolute Gasteiger partial charge is 0.383 e. The summed E-state index contributed by atoms with van der Waals surface area (Å²) >= 11 is 0. The molecule has 1 atom stereocenters. The Morgan fingerprint density at radius 2 is 1.77 bits per heavy atom. The number of nitrogens with zero attached hydrogens (tertiary/aromatic N) is 2. The second kappa shape index (κ2) is 8.12. The van der Waals surface area contributed by atoms with Crippen LogP contribution in [0.1, 0.15) is 34.1 Å². The summed E-state index contributed by atoms with van der Waals surface area (Å²) in [4.78, 5) is 4.02. The molecule has 0 fully saturated rings. The van der Waals surface area contributed by atoms with Crippen molar-refractivity contribution in [2.24, 2.45) is 0 Å². The van der Waals surface area contributed by atoms with Crippen molar-refractivity contribution < 1.29 is 22.8 Å². The van der Waals surface area contributed by atoms with Crippen LogP contribution < -0.4 is 0 Å². The molecule has 7 heteroatoms. The number of halogens is 3. The molecule has 4 rings (SSSR count). The molecule has 1 unspecified atom stereocenters. The van der Waals surface area contributed by atoms with Crippen LogP contribution in [-0.2, 0) is 12.6 Å². The van der Waals surface area contributed by atoms with E-state index in [1.165, 1.54) is 18.3 Å². The van der Waals surface area contributed by atoms with Crippen LogP contribution in [0, 0.1) is 0 Å². The van der Waals surface area contributed by atoms with Gasteiger partial charge in [0.2, 0.25) is 0 Å². The SMILES string of the molecule is OC(c1cccnc1)c1c(-c2cccc(C(F)(F)F)c2)noc1Cc1ccccc1. The molecule has 0 amide bonds. The Kier molecular flexibility index (Phi) is 5.37. The minimum absolute atomic E-state index is 0.170. The molecule has 2 aromatic heterocycles. The predicted octanol–water partition coefficient (Wildman–Crippen LogP) is 5.43. The number of benzene rings is 2. The van der Waals surface area contributed by atoms with Crippen molar-refractivity contribution in [1.29, 1.82) is 0 Å². The van der Waals surface area contributed by atoms with E-state index in [1.54, 1.807) is 18.3 Å². The van der Waals surface area contributed by atoms with Gasteiger partial charge >= 0.3 is 6.18 Å². The van der Waals surface area contributed by atoms with E-state index in [0.29, 0.717) is 23.3 Å². The summed E-state index contributed by atoms with van der Waals surface area (Å²) in [5, 5.41) is 15.1. The van der Waals surface area contributed by atoms with Crippen LogP contribution in [0.25, 0.3) is 11.3 Å². The first kappa shape index (κ1) is 19.8. The number of aliphatic hydroxyl groups is 1. The van der Waals surface area contributed by atoms with Crippen molar-refractivity contribution in [1.82, 2.24) is 10.1 Å². The third kappa shape index (κ3) is 4.11. The van der Waals surface area contributed by atoms with Crippen LogP contribution in [0.5, 0.6) is 0 Å². The van der Waals surface area contributed by atoms with Crippen LogP contribution in [-0.4, -0.2) is 15.2 Å². The van der Waals surface area contributed by atoms with Gasteiger partial charge in [-0.3, -0.25) is 4.98 Å². The van der Waals surface area contributed by atoms with Gasteiger partial charge in [-0.25, -0.2) is 0 Å². The number of hydrogen-bond donors (Lipinski definition) is 1. The highest BCUT2D eigenvalue weighted by Gasteiger charge is 2.32. The standard InChI is InChI=1S/C23H17F3N2O2/c24-23(25,26)18-10-4-8-16(13-18)21-20(22(29)17-9-5-11-27-14-17)19(30-28-21)12-15-6-2-1-3-7-15/h1-11,13-14,22,29H,12H2. The summed E-state index contributed by atoms with van der Waals surface area (Å²) < 4.78 is 45.1. The summed E-state index contributed by atoms with van der Waals surface area (Å²) in [7, 11) is 0. The molecule has 2 aromatic carbocycles. The van der Waals surface area contributed by atoms with Gasteiger partial charge in [-0.15, -0.1) is 0 Å². The highest BCUT2D eigenvalue weighted by atomic mass is 19.4. The molecule has 4 aromatic rings. The van der Waals surface area contributed by atoms with Crippen molar-refractivity contribution in [2.45, 2.75) is 18.7 Å². The maximum Gasteiger partial charge on any atom is 0.416 e. The monoisotopic (exact) mass is 410 g/mol. The van der Waals surface area contributed by atoms with Crippen LogP contribution in [0.4, 0.5) is 13.2 Å². The third-order valence-electron chi connectivity index (χ3n) is 4.75. The first-order valence-electron chi connectivity index (χ1n) is 9.21. The first-order chi connectivity index (χ1) is 14.4. The Morgan fingerprint density at radius 1 is 0.967 bits per heavy atom. The summed E-state index contributed by atoms with van der Waals surface area (Å²) in [6.07, 6.45) is -2.25. The number of aliphatic hydroxyl groups excluding tert-OH is 1. The van der Waals surface area contributed by atoms with Crippen molar-refractivity contribution in [3.63, 3.8) is 0 Å². The van der Waals surface area contributed by atoms with E-state index in [2.05, 4.69) is 10.1 Å². The minimum Gasteiger partial charge on any atom is -0.383 e.